The Kier molecular flexibility index (Phi) is 5.58. The molecule has 0 aliphatic rings. The Morgan fingerprint density at radius 1 is 1.15 bits per heavy atom. The summed E-state index contributed by atoms with van der Waals surface area (Å²) in [6.07, 6.45) is 1.53. The molecule has 2 aromatic carbocycles. The predicted octanol–water partition coefficient (Wildman–Crippen LogP) is 4.12. The average molecular weight is 353 g/mol. The van der Waals surface area contributed by atoms with Crippen LogP contribution in [-0.2, 0) is 11.3 Å². The number of fused-ring (bicyclic) bond motifs is 1. The summed E-state index contributed by atoms with van der Waals surface area (Å²) in [5, 5.41) is 0.817. The molecule has 1 heterocycles. The van der Waals surface area contributed by atoms with Crippen molar-refractivity contribution < 1.29 is 18.7 Å². The van der Waals surface area contributed by atoms with Gasteiger partial charge < -0.3 is 18.8 Å². The smallest absolute Gasteiger partial charge is 0.258 e. The van der Waals surface area contributed by atoms with Gasteiger partial charge >= 0.3 is 0 Å². The van der Waals surface area contributed by atoms with Crippen LogP contribution in [0.25, 0.3) is 11.0 Å². The minimum Gasteiger partial charge on any atom is -0.497 e. The van der Waals surface area contributed by atoms with Gasteiger partial charge in [-0.2, -0.15) is 0 Å². The fourth-order valence-electron chi connectivity index (χ4n) is 3.02. The minimum atomic E-state index is -0.0904. The summed E-state index contributed by atoms with van der Waals surface area (Å²) in [4.78, 5) is 15.1. The van der Waals surface area contributed by atoms with Crippen molar-refractivity contribution in [3.63, 3.8) is 0 Å². The van der Waals surface area contributed by atoms with Gasteiger partial charge in [0.25, 0.3) is 5.91 Å². The highest BCUT2D eigenvalue weighted by Crippen LogP contribution is 2.24. The highest BCUT2D eigenvalue weighted by Gasteiger charge is 2.25. The minimum absolute atomic E-state index is 0.0812. The van der Waals surface area contributed by atoms with Crippen LogP contribution in [0.2, 0.25) is 0 Å². The number of benzene rings is 2. The Balaban J connectivity index is 1.93. The fourth-order valence-corrected chi connectivity index (χ4v) is 3.02. The van der Waals surface area contributed by atoms with E-state index in [0.29, 0.717) is 24.3 Å². The number of carbonyl (C=O) groups is 1. The molecule has 1 aromatic heterocycles. The SMILES string of the molecule is COC[C@H](C)N(Cc1cccc(OC)c1)C(=O)c1coc2ccccc12. The van der Waals surface area contributed by atoms with Gasteiger partial charge in [0.15, 0.2) is 0 Å². The molecule has 0 aliphatic carbocycles. The topological polar surface area (TPSA) is 51.9 Å². The van der Waals surface area contributed by atoms with Crippen LogP contribution < -0.4 is 4.74 Å². The van der Waals surface area contributed by atoms with Crippen molar-refractivity contribution in [1.29, 1.82) is 0 Å². The highest BCUT2D eigenvalue weighted by atomic mass is 16.5. The van der Waals surface area contributed by atoms with E-state index in [1.807, 2.05) is 55.5 Å². The van der Waals surface area contributed by atoms with Gasteiger partial charge in [-0.05, 0) is 30.7 Å². The van der Waals surface area contributed by atoms with Crippen molar-refractivity contribution in [2.45, 2.75) is 19.5 Å². The van der Waals surface area contributed by atoms with Gasteiger partial charge in [0.1, 0.15) is 17.6 Å². The molecule has 0 radical (unpaired) electrons. The molecule has 0 fully saturated rings. The first-order valence-corrected chi connectivity index (χ1v) is 8.53. The Morgan fingerprint density at radius 2 is 1.96 bits per heavy atom. The molecule has 0 aliphatic heterocycles. The molecule has 0 bridgehead atoms. The molecule has 5 nitrogen and oxygen atoms in total. The number of hydrogen-bond acceptors (Lipinski definition) is 4. The third-order valence-corrected chi connectivity index (χ3v) is 4.40. The number of methoxy groups -OCH3 is 2. The summed E-state index contributed by atoms with van der Waals surface area (Å²) in [6.45, 7) is 2.88. The van der Waals surface area contributed by atoms with Crippen molar-refractivity contribution in [3.05, 3.63) is 65.9 Å². The molecular weight excluding hydrogens is 330 g/mol. The zero-order valence-electron chi connectivity index (χ0n) is 15.3. The van der Waals surface area contributed by atoms with Gasteiger partial charge in [-0.1, -0.05) is 30.3 Å². The van der Waals surface area contributed by atoms with Gasteiger partial charge in [0.2, 0.25) is 0 Å². The number of hydrogen-bond donors (Lipinski definition) is 0. The molecule has 3 rings (SSSR count). The van der Waals surface area contributed by atoms with Crippen molar-refractivity contribution in [3.8, 4) is 5.75 Å². The molecule has 0 saturated heterocycles. The van der Waals surface area contributed by atoms with Crippen LogP contribution in [0.4, 0.5) is 0 Å². The Hall–Kier alpha value is -2.79. The number of amides is 1. The van der Waals surface area contributed by atoms with Crippen LogP contribution in [0.3, 0.4) is 0 Å². The molecule has 0 spiro atoms. The zero-order valence-corrected chi connectivity index (χ0v) is 15.3. The number of furan rings is 1. The predicted molar refractivity (Wildman–Crippen MR) is 100 cm³/mol. The van der Waals surface area contributed by atoms with Gasteiger partial charge in [0, 0.05) is 19.0 Å². The van der Waals surface area contributed by atoms with Crippen molar-refractivity contribution in [2.24, 2.45) is 0 Å². The van der Waals surface area contributed by atoms with E-state index in [2.05, 4.69) is 0 Å². The highest BCUT2D eigenvalue weighted by molar-refractivity contribution is 6.06. The summed E-state index contributed by atoms with van der Waals surface area (Å²) in [6, 6.07) is 15.2. The van der Waals surface area contributed by atoms with Gasteiger partial charge in [-0.3, -0.25) is 4.79 Å². The molecule has 0 saturated carbocycles. The lowest BCUT2D eigenvalue weighted by Crippen LogP contribution is -2.40. The van der Waals surface area contributed by atoms with E-state index in [4.69, 9.17) is 13.9 Å². The molecule has 136 valence electrons. The van der Waals surface area contributed by atoms with E-state index in [-0.39, 0.29) is 11.9 Å². The lowest BCUT2D eigenvalue weighted by Gasteiger charge is -2.29. The largest absolute Gasteiger partial charge is 0.497 e. The Bertz CT molecular complexity index is 886. The first kappa shape index (κ1) is 18.0. The normalized spacial score (nSPS) is 12.1. The second-order valence-corrected chi connectivity index (χ2v) is 6.23. The lowest BCUT2D eigenvalue weighted by molar-refractivity contribution is 0.0543. The number of nitrogens with zero attached hydrogens (tertiary/aromatic N) is 1. The zero-order chi connectivity index (χ0) is 18.5. The molecule has 1 amide bonds. The standard InChI is InChI=1S/C21H23NO4/c1-15(13-24-2)22(12-16-7-6-8-17(11-16)25-3)21(23)19-14-26-20-10-5-4-9-18(19)20/h4-11,14-15H,12-13H2,1-3H3/t15-/m0/s1. The van der Waals surface area contributed by atoms with Crippen LogP contribution in [0, 0.1) is 0 Å². The fraction of sp³-hybridized carbons (Fsp3) is 0.286. The third kappa shape index (κ3) is 3.73. The summed E-state index contributed by atoms with van der Waals surface area (Å²) >= 11 is 0. The molecule has 3 aromatic rings. The molecule has 5 heteroatoms. The van der Waals surface area contributed by atoms with Crippen LogP contribution >= 0.6 is 0 Å². The van der Waals surface area contributed by atoms with Crippen LogP contribution in [0.5, 0.6) is 5.75 Å². The maximum absolute atomic E-state index is 13.3. The summed E-state index contributed by atoms with van der Waals surface area (Å²) < 4.78 is 16.1. The number of ether oxygens (including phenoxy) is 2. The number of rotatable bonds is 7. The van der Waals surface area contributed by atoms with Gasteiger partial charge in [-0.15, -0.1) is 0 Å². The van der Waals surface area contributed by atoms with Crippen LogP contribution in [0.15, 0.2) is 59.2 Å². The van der Waals surface area contributed by atoms with E-state index in [1.54, 1.807) is 19.1 Å². The summed E-state index contributed by atoms with van der Waals surface area (Å²) in [5.74, 6) is 0.686. The molecule has 0 unspecified atom stereocenters. The monoisotopic (exact) mass is 353 g/mol. The second kappa shape index (κ2) is 8.06. The first-order valence-electron chi connectivity index (χ1n) is 8.53. The average Bonchev–Trinajstić information content (AvgIpc) is 3.10. The summed E-state index contributed by atoms with van der Waals surface area (Å²) in [5.41, 5.74) is 2.26. The van der Waals surface area contributed by atoms with E-state index < -0.39 is 0 Å². The lowest BCUT2D eigenvalue weighted by atomic mass is 10.1. The van der Waals surface area contributed by atoms with E-state index in [0.717, 1.165) is 16.7 Å². The Morgan fingerprint density at radius 3 is 2.73 bits per heavy atom. The number of carbonyl (C=O) groups excluding carboxylic acids is 1. The van der Waals surface area contributed by atoms with Crippen LogP contribution in [0.1, 0.15) is 22.8 Å². The van der Waals surface area contributed by atoms with E-state index in [9.17, 15) is 4.79 Å². The molecular formula is C21H23NO4. The van der Waals surface area contributed by atoms with Crippen molar-refractivity contribution in [1.82, 2.24) is 4.90 Å². The third-order valence-electron chi connectivity index (χ3n) is 4.40. The molecule has 1 atom stereocenters. The Labute approximate surface area is 153 Å². The van der Waals surface area contributed by atoms with Gasteiger partial charge in [0.05, 0.1) is 25.3 Å². The van der Waals surface area contributed by atoms with E-state index >= 15 is 0 Å². The van der Waals surface area contributed by atoms with Crippen molar-refractivity contribution in [2.75, 3.05) is 20.8 Å². The van der Waals surface area contributed by atoms with E-state index in [1.165, 1.54) is 6.26 Å². The first-order chi connectivity index (χ1) is 12.6. The maximum Gasteiger partial charge on any atom is 0.258 e. The quantitative estimate of drug-likeness (QED) is 0.641. The summed E-state index contributed by atoms with van der Waals surface area (Å²) in [7, 11) is 3.27. The molecule has 0 N–H and O–H groups in total. The van der Waals surface area contributed by atoms with Crippen molar-refractivity contribution >= 4 is 16.9 Å². The maximum atomic E-state index is 13.3. The van der Waals surface area contributed by atoms with Gasteiger partial charge in [-0.25, -0.2) is 0 Å². The van der Waals surface area contributed by atoms with Crippen LogP contribution in [-0.4, -0.2) is 37.7 Å². The second-order valence-electron chi connectivity index (χ2n) is 6.23. The molecule has 26 heavy (non-hydrogen) atoms. The number of para-hydroxylation sites is 1.